The van der Waals surface area contributed by atoms with E-state index in [1.807, 2.05) is 30.3 Å². The minimum atomic E-state index is -1.51. The van der Waals surface area contributed by atoms with Crippen molar-refractivity contribution in [1.82, 2.24) is 0 Å². The van der Waals surface area contributed by atoms with Crippen molar-refractivity contribution in [2.75, 3.05) is 40.5 Å². The molecule has 208 valence electrons. The molecule has 2 N–H and O–H groups in total. The predicted molar refractivity (Wildman–Crippen MR) is 143 cm³/mol. The topological polar surface area (TPSA) is 140 Å². The van der Waals surface area contributed by atoms with Crippen molar-refractivity contribution in [2.45, 2.75) is 13.8 Å². The van der Waals surface area contributed by atoms with Gasteiger partial charge < -0.3 is 38.5 Å². The molecule has 0 unspecified atom stereocenters. The van der Waals surface area contributed by atoms with Crippen LogP contribution in [-0.4, -0.2) is 63.3 Å². The van der Waals surface area contributed by atoms with E-state index in [1.54, 1.807) is 25.5 Å². The largest absolute Gasteiger partial charge is 0.545 e. The van der Waals surface area contributed by atoms with Crippen LogP contribution in [-0.2, 0) is 9.59 Å². The van der Waals surface area contributed by atoms with E-state index < -0.39 is 11.9 Å². The number of rotatable bonds is 13. The number of aliphatic carboxylic acids is 2. The molecule has 0 amide bonds. The summed E-state index contributed by atoms with van der Waals surface area (Å²) < 4.78 is 23.1. The summed E-state index contributed by atoms with van der Waals surface area (Å²) in [6.07, 6.45) is 5.80. The van der Waals surface area contributed by atoms with E-state index >= 15 is 0 Å². The van der Waals surface area contributed by atoms with E-state index in [9.17, 15) is 19.5 Å². The van der Waals surface area contributed by atoms with Crippen LogP contribution in [0.3, 0.4) is 0 Å². The molecule has 39 heavy (non-hydrogen) atoms. The fraction of sp³-hybridized carbons (Fsp3) is 0.276. The number of nitrogens with one attached hydrogen (secondary N) is 1. The highest BCUT2D eigenvalue weighted by Crippen LogP contribution is 2.46. The Morgan fingerprint density at radius 1 is 0.949 bits per heavy atom. The van der Waals surface area contributed by atoms with Gasteiger partial charge in [0.2, 0.25) is 5.75 Å². The molecule has 0 bridgehead atoms. The highest BCUT2D eigenvalue weighted by molar-refractivity contribution is 6.15. The van der Waals surface area contributed by atoms with E-state index in [-0.39, 0.29) is 5.78 Å². The summed E-state index contributed by atoms with van der Waals surface area (Å²) in [5.74, 6) is -1.88. The SMILES string of the molecule is CC[NH+](CC)CCOc1c(C(=O)/C=C/c2ccccc2)c(OC)c2ccoc2c1OC.O=C([O-])/C=C\C(=O)O. The average molecular weight is 540 g/mol. The van der Waals surface area contributed by atoms with Gasteiger partial charge in [0.1, 0.15) is 24.5 Å². The van der Waals surface area contributed by atoms with Gasteiger partial charge in [-0.05, 0) is 37.6 Å². The number of hydrogen-bond acceptors (Lipinski definition) is 8. The number of carboxylic acids is 2. The van der Waals surface area contributed by atoms with Crippen molar-refractivity contribution in [2.24, 2.45) is 0 Å². The zero-order valence-corrected chi connectivity index (χ0v) is 22.4. The summed E-state index contributed by atoms with van der Waals surface area (Å²) in [6.45, 7) is 7.53. The molecule has 0 saturated heterocycles. The number of furan rings is 1. The highest BCUT2D eigenvalue weighted by atomic mass is 16.5. The number of carbonyl (C=O) groups is 3. The fourth-order valence-electron chi connectivity index (χ4n) is 3.74. The molecule has 0 aliphatic heterocycles. The monoisotopic (exact) mass is 539 g/mol. The maximum absolute atomic E-state index is 13.3. The Kier molecular flexibility index (Phi) is 12.3. The normalized spacial score (nSPS) is 11.0. The first-order chi connectivity index (χ1) is 18.8. The van der Waals surface area contributed by atoms with E-state index in [4.69, 9.17) is 23.7 Å². The Balaban J connectivity index is 0.000000580. The zero-order chi connectivity index (χ0) is 28.8. The summed E-state index contributed by atoms with van der Waals surface area (Å²) in [7, 11) is 3.08. The lowest BCUT2D eigenvalue weighted by Gasteiger charge is -2.19. The van der Waals surface area contributed by atoms with Gasteiger partial charge in [-0.25, -0.2) is 4.79 Å². The van der Waals surface area contributed by atoms with E-state index in [2.05, 4.69) is 13.8 Å². The molecular weight excluding hydrogens is 506 g/mol. The maximum atomic E-state index is 13.3. The number of ketones is 1. The first kappa shape index (κ1) is 30.7. The Labute approximate surface area is 226 Å². The van der Waals surface area contributed by atoms with Crippen molar-refractivity contribution in [3.05, 3.63) is 72.0 Å². The molecule has 1 aromatic heterocycles. The Hall–Kier alpha value is -4.57. The van der Waals surface area contributed by atoms with Gasteiger partial charge in [0.25, 0.3) is 0 Å². The number of likely N-dealkylation sites (N-methyl/N-ethyl adjacent to an activating group) is 1. The van der Waals surface area contributed by atoms with Gasteiger partial charge in [-0.1, -0.05) is 36.4 Å². The first-order valence-electron chi connectivity index (χ1n) is 12.3. The lowest BCUT2D eigenvalue weighted by atomic mass is 10.0. The number of benzene rings is 2. The zero-order valence-electron chi connectivity index (χ0n) is 22.4. The number of methoxy groups -OCH3 is 2. The van der Waals surface area contributed by atoms with Crippen LogP contribution in [0.25, 0.3) is 17.0 Å². The highest BCUT2D eigenvalue weighted by Gasteiger charge is 2.28. The van der Waals surface area contributed by atoms with Crippen molar-refractivity contribution >= 4 is 34.8 Å². The fourth-order valence-corrected chi connectivity index (χ4v) is 3.74. The van der Waals surface area contributed by atoms with Crippen LogP contribution in [0.4, 0.5) is 0 Å². The van der Waals surface area contributed by atoms with Crippen LogP contribution in [0.2, 0.25) is 0 Å². The van der Waals surface area contributed by atoms with Gasteiger partial charge in [0.05, 0.1) is 44.9 Å². The molecule has 3 rings (SSSR count). The molecule has 0 saturated carbocycles. The number of fused-ring (bicyclic) bond motifs is 1. The second kappa shape index (κ2) is 15.6. The predicted octanol–water partition coefficient (Wildman–Crippen LogP) is 2.03. The summed E-state index contributed by atoms with van der Waals surface area (Å²) in [6, 6.07) is 11.4. The van der Waals surface area contributed by atoms with Gasteiger partial charge in [-0.3, -0.25) is 4.79 Å². The van der Waals surface area contributed by atoms with Gasteiger partial charge in [0.15, 0.2) is 17.1 Å². The summed E-state index contributed by atoms with van der Waals surface area (Å²) in [5, 5.41) is 17.9. The van der Waals surface area contributed by atoms with Crippen LogP contribution in [0.1, 0.15) is 29.8 Å². The quantitative estimate of drug-likeness (QED) is 0.247. The van der Waals surface area contributed by atoms with Crippen molar-refractivity contribution < 1.29 is 48.1 Å². The molecule has 10 heteroatoms. The van der Waals surface area contributed by atoms with Crippen LogP contribution in [0.15, 0.2) is 65.3 Å². The molecule has 0 atom stereocenters. The third-order valence-corrected chi connectivity index (χ3v) is 5.72. The number of carboxylic acid groups (broad SMARTS) is 2. The standard InChI is InChI=1S/C25H29NO5.C4H4O4/c1-5-26(6-2)15-17-31-24-21(20(27)13-12-18-10-8-7-9-11-18)22(28-3)19-14-16-30-23(19)25(24)29-4;5-3(6)1-2-4(7)8/h7-14,16H,5-6,15,17H2,1-4H3;1-2H,(H,5,6)(H,7,8)/b13-12+;2-1-. The van der Waals surface area contributed by atoms with Crippen molar-refractivity contribution in [1.29, 1.82) is 0 Å². The van der Waals surface area contributed by atoms with Crippen LogP contribution in [0.5, 0.6) is 17.2 Å². The first-order valence-corrected chi connectivity index (χ1v) is 12.3. The molecule has 1 heterocycles. The Morgan fingerprint density at radius 2 is 1.62 bits per heavy atom. The van der Waals surface area contributed by atoms with E-state index in [0.29, 0.717) is 52.5 Å². The smallest absolute Gasteiger partial charge is 0.328 e. The molecule has 0 aliphatic rings. The summed E-state index contributed by atoms with van der Waals surface area (Å²) >= 11 is 0. The van der Waals surface area contributed by atoms with Crippen molar-refractivity contribution in [3.63, 3.8) is 0 Å². The van der Waals surface area contributed by atoms with Crippen molar-refractivity contribution in [3.8, 4) is 17.2 Å². The Morgan fingerprint density at radius 3 is 2.15 bits per heavy atom. The average Bonchev–Trinajstić information content (AvgIpc) is 3.42. The lowest BCUT2D eigenvalue weighted by Crippen LogP contribution is -3.12. The molecule has 0 aliphatic carbocycles. The van der Waals surface area contributed by atoms with Gasteiger partial charge in [0, 0.05) is 6.08 Å². The van der Waals surface area contributed by atoms with Crippen LogP contribution >= 0.6 is 0 Å². The molecule has 0 radical (unpaired) electrons. The van der Waals surface area contributed by atoms with Crippen LogP contribution in [0, 0.1) is 0 Å². The van der Waals surface area contributed by atoms with Gasteiger partial charge >= 0.3 is 5.97 Å². The molecule has 0 spiro atoms. The number of quaternary nitrogens is 1. The third-order valence-electron chi connectivity index (χ3n) is 5.72. The maximum Gasteiger partial charge on any atom is 0.328 e. The van der Waals surface area contributed by atoms with Crippen LogP contribution < -0.4 is 24.2 Å². The Bertz CT molecular complexity index is 1290. The number of carbonyl (C=O) groups excluding carboxylic acids is 2. The third kappa shape index (κ3) is 8.75. The lowest BCUT2D eigenvalue weighted by molar-refractivity contribution is -0.896. The van der Waals surface area contributed by atoms with Gasteiger partial charge in [-0.15, -0.1) is 0 Å². The van der Waals surface area contributed by atoms with E-state index in [1.165, 1.54) is 18.1 Å². The molecule has 0 fully saturated rings. The van der Waals surface area contributed by atoms with Gasteiger partial charge in [-0.2, -0.15) is 0 Å². The minimum absolute atomic E-state index is 0.229. The van der Waals surface area contributed by atoms with E-state index in [0.717, 1.165) is 25.2 Å². The molecule has 10 nitrogen and oxygen atoms in total. The summed E-state index contributed by atoms with van der Waals surface area (Å²) in [4.78, 5) is 33.7. The number of allylic oxidation sites excluding steroid dienone is 1. The summed E-state index contributed by atoms with van der Waals surface area (Å²) in [5.41, 5.74) is 1.75. The molecular formula is C29H33NO9. The second-order valence-corrected chi connectivity index (χ2v) is 8.09. The second-order valence-electron chi connectivity index (χ2n) is 8.09. The number of hydrogen-bond donors (Lipinski definition) is 2. The molecule has 3 aromatic rings. The number of ether oxygens (including phenoxy) is 3. The molecule has 2 aromatic carbocycles. The minimum Gasteiger partial charge on any atom is -0.545 e.